The number of nitrogens with one attached hydrogen (secondary N) is 1. The number of nitrogens with zero attached hydrogens (tertiary/aromatic N) is 3. The van der Waals surface area contributed by atoms with Crippen LogP contribution in [0.15, 0.2) is 41.6 Å². The number of pyridine rings is 1. The Labute approximate surface area is 172 Å². The molecular weight excluding hydrogens is 420 g/mol. The fourth-order valence-electron chi connectivity index (χ4n) is 3.18. The number of aromatic nitrogens is 1. The van der Waals surface area contributed by atoms with Crippen molar-refractivity contribution < 1.29 is 18.1 Å². The SMILES string of the molecule is CC1CCCN(S(=O)(=O)c2cc(C(=O)Nc3ccncc3[N+](=O)[O-])ccc2Cl)C1. The fourth-order valence-corrected chi connectivity index (χ4v) is 5.28. The molecule has 3 rings (SSSR count). The molecule has 0 bridgehead atoms. The minimum absolute atomic E-state index is 0.00895. The highest BCUT2D eigenvalue weighted by Crippen LogP contribution is 2.30. The Kier molecular flexibility index (Phi) is 6.15. The van der Waals surface area contributed by atoms with Gasteiger partial charge in [-0.05, 0) is 43.0 Å². The number of sulfonamides is 1. The second-order valence-electron chi connectivity index (χ2n) is 6.86. The Morgan fingerprint density at radius 1 is 1.38 bits per heavy atom. The zero-order valence-corrected chi connectivity index (χ0v) is 17.1. The Bertz CT molecular complexity index is 1060. The lowest BCUT2D eigenvalue weighted by molar-refractivity contribution is -0.384. The topological polar surface area (TPSA) is 123 Å². The third kappa shape index (κ3) is 4.55. The van der Waals surface area contributed by atoms with Gasteiger partial charge in [0.2, 0.25) is 10.0 Å². The van der Waals surface area contributed by atoms with Crippen LogP contribution in [0.3, 0.4) is 0 Å². The number of rotatable bonds is 5. The highest BCUT2D eigenvalue weighted by molar-refractivity contribution is 7.89. The molecule has 1 amide bonds. The van der Waals surface area contributed by atoms with Crippen molar-refractivity contribution in [3.63, 3.8) is 0 Å². The van der Waals surface area contributed by atoms with Crippen LogP contribution in [-0.2, 0) is 10.0 Å². The molecule has 1 saturated heterocycles. The van der Waals surface area contributed by atoms with E-state index in [1.807, 2.05) is 6.92 Å². The van der Waals surface area contributed by atoms with E-state index in [-0.39, 0.29) is 32.8 Å². The van der Waals surface area contributed by atoms with E-state index in [1.54, 1.807) is 0 Å². The normalized spacial score (nSPS) is 17.7. The molecule has 0 spiro atoms. The molecule has 1 aromatic carbocycles. The van der Waals surface area contributed by atoms with Gasteiger partial charge >= 0.3 is 5.69 Å². The predicted molar refractivity (Wildman–Crippen MR) is 107 cm³/mol. The maximum absolute atomic E-state index is 13.0. The number of anilines is 1. The molecule has 9 nitrogen and oxygen atoms in total. The Hall–Kier alpha value is -2.56. The fraction of sp³-hybridized carbons (Fsp3) is 0.333. The lowest BCUT2D eigenvalue weighted by Gasteiger charge is -2.30. The second-order valence-corrected chi connectivity index (χ2v) is 9.17. The minimum Gasteiger partial charge on any atom is -0.316 e. The lowest BCUT2D eigenvalue weighted by atomic mass is 10.0. The van der Waals surface area contributed by atoms with Crippen LogP contribution >= 0.6 is 11.6 Å². The van der Waals surface area contributed by atoms with Crippen molar-refractivity contribution in [1.29, 1.82) is 0 Å². The number of benzene rings is 1. The average Bonchev–Trinajstić information content (AvgIpc) is 2.68. The molecule has 29 heavy (non-hydrogen) atoms. The van der Waals surface area contributed by atoms with Gasteiger partial charge in [0, 0.05) is 24.8 Å². The smallest absolute Gasteiger partial charge is 0.310 e. The number of amides is 1. The van der Waals surface area contributed by atoms with Crippen molar-refractivity contribution >= 4 is 38.9 Å². The van der Waals surface area contributed by atoms with Crippen molar-refractivity contribution in [3.8, 4) is 0 Å². The number of hydrogen-bond acceptors (Lipinski definition) is 6. The predicted octanol–water partition coefficient (Wildman–Crippen LogP) is 3.32. The highest BCUT2D eigenvalue weighted by Gasteiger charge is 2.31. The lowest BCUT2D eigenvalue weighted by Crippen LogP contribution is -2.39. The average molecular weight is 439 g/mol. The maximum Gasteiger partial charge on any atom is 0.310 e. The van der Waals surface area contributed by atoms with Gasteiger partial charge in [0.1, 0.15) is 16.8 Å². The summed E-state index contributed by atoms with van der Waals surface area (Å²) in [5, 5.41) is 13.5. The molecule has 0 radical (unpaired) electrons. The van der Waals surface area contributed by atoms with Gasteiger partial charge in [-0.2, -0.15) is 4.31 Å². The van der Waals surface area contributed by atoms with E-state index in [1.165, 1.54) is 34.8 Å². The van der Waals surface area contributed by atoms with Gasteiger partial charge < -0.3 is 5.32 Å². The number of hydrogen-bond donors (Lipinski definition) is 1. The van der Waals surface area contributed by atoms with Crippen LogP contribution in [0.5, 0.6) is 0 Å². The first kappa shape index (κ1) is 21.2. The molecule has 2 aromatic rings. The van der Waals surface area contributed by atoms with Gasteiger partial charge in [-0.1, -0.05) is 18.5 Å². The standard InChI is InChI=1S/C18H19ClN4O5S/c1-12-3-2-8-22(11-12)29(27,28)17-9-13(4-5-14(17)19)18(24)21-15-6-7-20-10-16(15)23(25)26/h4-7,9-10,12H,2-3,8,11H2,1H3,(H,20,21,24). The number of nitro groups is 1. The number of piperidine rings is 1. The zero-order chi connectivity index (χ0) is 21.2. The van der Waals surface area contributed by atoms with Crippen molar-refractivity contribution in [3.05, 3.63) is 57.4 Å². The van der Waals surface area contributed by atoms with Crippen LogP contribution in [0.4, 0.5) is 11.4 Å². The zero-order valence-electron chi connectivity index (χ0n) is 15.5. The van der Waals surface area contributed by atoms with E-state index in [9.17, 15) is 23.3 Å². The molecule has 1 atom stereocenters. The van der Waals surface area contributed by atoms with Crippen molar-refractivity contribution in [2.75, 3.05) is 18.4 Å². The maximum atomic E-state index is 13.0. The monoisotopic (exact) mass is 438 g/mol. The number of carbonyl (C=O) groups excluding carboxylic acids is 1. The summed E-state index contributed by atoms with van der Waals surface area (Å²) >= 11 is 6.13. The van der Waals surface area contributed by atoms with E-state index in [0.29, 0.717) is 13.1 Å². The van der Waals surface area contributed by atoms with E-state index in [2.05, 4.69) is 10.3 Å². The van der Waals surface area contributed by atoms with Crippen LogP contribution in [0, 0.1) is 16.0 Å². The second kappa shape index (κ2) is 8.44. The van der Waals surface area contributed by atoms with E-state index < -0.39 is 20.9 Å². The van der Waals surface area contributed by atoms with Gasteiger partial charge in [0.05, 0.1) is 9.95 Å². The molecular formula is C18H19ClN4O5S. The molecule has 1 aliphatic heterocycles. The summed E-state index contributed by atoms with van der Waals surface area (Å²) < 4.78 is 27.5. The van der Waals surface area contributed by atoms with Crippen molar-refractivity contribution in [2.24, 2.45) is 5.92 Å². The minimum atomic E-state index is -3.87. The van der Waals surface area contributed by atoms with Gasteiger partial charge in [-0.3, -0.25) is 19.9 Å². The molecule has 1 fully saturated rings. The van der Waals surface area contributed by atoms with E-state index in [4.69, 9.17) is 11.6 Å². The first-order valence-electron chi connectivity index (χ1n) is 8.89. The van der Waals surface area contributed by atoms with E-state index >= 15 is 0 Å². The van der Waals surface area contributed by atoms with Crippen LogP contribution in [0.25, 0.3) is 0 Å². The summed E-state index contributed by atoms with van der Waals surface area (Å²) in [6, 6.07) is 5.18. The molecule has 1 aromatic heterocycles. The molecule has 11 heteroatoms. The van der Waals surface area contributed by atoms with Crippen LogP contribution in [0.2, 0.25) is 5.02 Å². The molecule has 1 aliphatic rings. The van der Waals surface area contributed by atoms with Gasteiger partial charge in [0.15, 0.2) is 0 Å². The van der Waals surface area contributed by atoms with Gasteiger partial charge in [-0.25, -0.2) is 8.42 Å². The molecule has 2 heterocycles. The number of halogens is 1. The van der Waals surface area contributed by atoms with Gasteiger partial charge in [-0.15, -0.1) is 0 Å². The molecule has 154 valence electrons. The van der Waals surface area contributed by atoms with Crippen LogP contribution in [0.1, 0.15) is 30.1 Å². The van der Waals surface area contributed by atoms with Crippen molar-refractivity contribution in [2.45, 2.75) is 24.7 Å². The van der Waals surface area contributed by atoms with Crippen molar-refractivity contribution in [1.82, 2.24) is 9.29 Å². The summed E-state index contributed by atoms with van der Waals surface area (Å²) in [6.45, 7) is 2.76. The van der Waals surface area contributed by atoms with Crippen LogP contribution < -0.4 is 5.32 Å². The number of carbonyl (C=O) groups is 1. The van der Waals surface area contributed by atoms with Crippen LogP contribution in [-0.4, -0.2) is 41.6 Å². The third-order valence-electron chi connectivity index (χ3n) is 4.68. The molecule has 0 saturated carbocycles. The summed E-state index contributed by atoms with van der Waals surface area (Å²) in [6.07, 6.45) is 4.03. The summed E-state index contributed by atoms with van der Waals surface area (Å²) in [4.78, 5) is 26.5. The molecule has 1 N–H and O–H groups in total. The Balaban J connectivity index is 1.91. The molecule has 0 aliphatic carbocycles. The summed E-state index contributed by atoms with van der Waals surface area (Å²) in [5.41, 5.74) is -0.395. The van der Waals surface area contributed by atoms with E-state index in [0.717, 1.165) is 19.0 Å². The Morgan fingerprint density at radius 2 is 2.14 bits per heavy atom. The van der Waals surface area contributed by atoms with Gasteiger partial charge in [0.25, 0.3) is 5.91 Å². The quantitative estimate of drug-likeness (QED) is 0.564. The summed E-state index contributed by atoms with van der Waals surface area (Å²) in [7, 11) is -3.87. The molecule has 1 unspecified atom stereocenters. The largest absolute Gasteiger partial charge is 0.316 e. The third-order valence-corrected chi connectivity index (χ3v) is 7.02. The first-order chi connectivity index (χ1) is 13.7. The highest BCUT2D eigenvalue weighted by atomic mass is 35.5. The Morgan fingerprint density at radius 3 is 2.83 bits per heavy atom. The first-order valence-corrected chi connectivity index (χ1v) is 10.7. The summed E-state index contributed by atoms with van der Waals surface area (Å²) in [5.74, 6) is -0.463.